The van der Waals surface area contributed by atoms with Crippen LogP contribution in [-0.4, -0.2) is 46.1 Å². The average Bonchev–Trinajstić information content (AvgIpc) is 3.15. The van der Waals surface area contributed by atoms with E-state index in [1.165, 1.54) is 4.90 Å². The van der Waals surface area contributed by atoms with Crippen LogP contribution in [0, 0.1) is 0 Å². The van der Waals surface area contributed by atoms with E-state index in [9.17, 15) is 9.59 Å². The highest BCUT2D eigenvalue weighted by atomic mass is 16.6. The van der Waals surface area contributed by atoms with Gasteiger partial charge in [-0.15, -0.1) is 0 Å². The maximum absolute atomic E-state index is 12.3. The largest absolute Gasteiger partial charge is 0.448 e. The van der Waals surface area contributed by atoms with E-state index in [1.807, 2.05) is 48.1 Å². The quantitative estimate of drug-likeness (QED) is 0.896. The van der Waals surface area contributed by atoms with E-state index in [1.54, 1.807) is 6.20 Å². The Balaban J connectivity index is 1.78. The Labute approximate surface area is 133 Å². The number of nitrogens with one attached hydrogen (secondary N) is 1. The number of rotatable bonds is 5. The van der Waals surface area contributed by atoms with Crippen LogP contribution >= 0.6 is 0 Å². The van der Waals surface area contributed by atoms with Crippen molar-refractivity contribution >= 4 is 12.0 Å². The number of cyclic esters (lactones) is 1. The highest BCUT2D eigenvalue weighted by Crippen LogP contribution is 2.20. The molecule has 23 heavy (non-hydrogen) atoms. The third kappa shape index (κ3) is 3.33. The molecule has 2 heterocycles. The number of carbonyl (C=O) groups is 2. The minimum atomic E-state index is -0.451. The Bertz CT molecular complexity index is 698. The topological polar surface area (TPSA) is 76.5 Å². The van der Waals surface area contributed by atoms with Gasteiger partial charge in [0.25, 0.3) is 0 Å². The first kappa shape index (κ1) is 15.1. The lowest BCUT2D eigenvalue weighted by Crippen LogP contribution is -2.40. The van der Waals surface area contributed by atoms with Crippen LogP contribution in [0.1, 0.15) is 17.4 Å². The van der Waals surface area contributed by atoms with Gasteiger partial charge in [-0.1, -0.05) is 30.3 Å². The van der Waals surface area contributed by atoms with Gasteiger partial charge in [-0.25, -0.2) is 9.78 Å². The first-order valence-corrected chi connectivity index (χ1v) is 7.38. The van der Waals surface area contributed by atoms with Crippen molar-refractivity contribution in [3.63, 3.8) is 0 Å². The minimum absolute atomic E-state index is 0.0212. The van der Waals surface area contributed by atoms with Gasteiger partial charge in [-0.05, 0) is 5.56 Å². The van der Waals surface area contributed by atoms with Crippen molar-refractivity contribution in [3.05, 3.63) is 54.1 Å². The fourth-order valence-corrected chi connectivity index (χ4v) is 2.55. The van der Waals surface area contributed by atoms with E-state index in [4.69, 9.17) is 4.74 Å². The third-order valence-electron chi connectivity index (χ3n) is 3.73. The molecule has 0 spiro atoms. The van der Waals surface area contributed by atoms with E-state index in [0.29, 0.717) is 13.2 Å². The molecule has 1 aliphatic heterocycles. The third-order valence-corrected chi connectivity index (χ3v) is 3.73. The average molecular weight is 314 g/mol. The highest BCUT2D eigenvalue weighted by Gasteiger charge is 2.26. The number of carbonyl (C=O) groups excluding carboxylic acids is 2. The summed E-state index contributed by atoms with van der Waals surface area (Å²) in [4.78, 5) is 29.5. The number of nitrogens with zero attached hydrogens (tertiary/aromatic N) is 3. The highest BCUT2D eigenvalue weighted by molar-refractivity contribution is 5.83. The Morgan fingerprint density at radius 2 is 2.17 bits per heavy atom. The van der Waals surface area contributed by atoms with E-state index in [0.717, 1.165) is 11.4 Å². The summed E-state index contributed by atoms with van der Waals surface area (Å²) in [5, 5.41) is 2.95. The van der Waals surface area contributed by atoms with Gasteiger partial charge in [-0.3, -0.25) is 9.69 Å². The minimum Gasteiger partial charge on any atom is -0.448 e. The first-order valence-electron chi connectivity index (χ1n) is 7.38. The normalized spacial score (nSPS) is 15.3. The molecule has 0 aliphatic carbocycles. The molecule has 0 bridgehead atoms. The summed E-state index contributed by atoms with van der Waals surface area (Å²) in [6, 6.07) is 9.24. The number of hydrogen-bond acceptors (Lipinski definition) is 4. The van der Waals surface area contributed by atoms with Gasteiger partial charge in [0.05, 0.1) is 6.54 Å². The van der Waals surface area contributed by atoms with Crippen LogP contribution < -0.4 is 5.32 Å². The predicted molar refractivity (Wildman–Crippen MR) is 82.6 cm³/mol. The van der Waals surface area contributed by atoms with Crippen molar-refractivity contribution < 1.29 is 14.3 Å². The van der Waals surface area contributed by atoms with Gasteiger partial charge in [0.2, 0.25) is 5.91 Å². The Morgan fingerprint density at radius 1 is 1.39 bits per heavy atom. The Hall–Kier alpha value is -2.83. The molecule has 2 aromatic rings. The molecule has 1 aromatic heterocycles. The molecule has 0 unspecified atom stereocenters. The van der Waals surface area contributed by atoms with Crippen LogP contribution in [0.4, 0.5) is 4.79 Å². The van der Waals surface area contributed by atoms with Crippen molar-refractivity contribution in [2.45, 2.75) is 6.04 Å². The van der Waals surface area contributed by atoms with Crippen molar-refractivity contribution in [3.8, 4) is 0 Å². The van der Waals surface area contributed by atoms with Gasteiger partial charge in [0.15, 0.2) is 0 Å². The van der Waals surface area contributed by atoms with Crippen molar-refractivity contribution in [1.29, 1.82) is 0 Å². The number of aryl methyl sites for hydroxylation is 1. The Morgan fingerprint density at radius 3 is 2.78 bits per heavy atom. The molecule has 7 heteroatoms. The second-order valence-corrected chi connectivity index (χ2v) is 5.34. The summed E-state index contributed by atoms with van der Waals surface area (Å²) in [5.41, 5.74) is 0.930. The molecule has 120 valence electrons. The molecule has 2 amide bonds. The summed E-state index contributed by atoms with van der Waals surface area (Å²) in [7, 11) is 1.88. The maximum Gasteiger partial charge on any atom is 0.410 e. The molecule has 1 aliphatic rings. The van der Waals surface area contributed by atoms with Crippen LogP contribution in [0.5, 0.6) is 0 Å². The number of imidazole rings is 1. The van der Waals surface area contributed by atoms with Crippen LogP contribution in [0.15, 0.2) is 42.7 Å². The SMILES string of the molecule is Cn1ccnc1[C@@H](NC(=O)CN1CCOC1=O)c1ccccc1. The summed E-state index contributed by atoms with van der Waals surface area (Å²) in [6.45, 7) is 0.741. The molecule has 0 radical (unpaired) electrons. The molecule has 1 atom stereocenters. The standard InChI is InChI=1S/C16H18N4O3/c1-19-8-7-17-15(19)14(12-5-3-2-4-6-12)18-13(21)11-20-9-10-23-16(20)22/h2-8,14H,9-11H2,1H3,(H,18,21)/t14-/m0/s1. The summed E-state index contributed by atoms with van der Waals surface area (Å²) < 4.78 is 6.70. The van der Waals surface area contributed by atoms with E-state index >= 15 is 0 Å². The lowest BCUT2D eigenvalue weighted by molar-refractivity contribution is -0.122. The number of aromatic nitrogens is 2. The van der Waals surface area contributed by atoms with Crippen LogP contribution in [0.3, 0.4) is 0 Å². The Kier molecular flexibility index (Phi) is 4.27. The smallest absolute Gasteiger partial charge is 0.410 e. The summed E-state index contributed by atoms with van der Waals surface area (Å²) in [5.74, 6) is 0.481. The fourth-order valence-electron chi connectivity index (χ4n) is 2.55. The van der Waals surface area contributed by atoms with Crippen LogP contribution in [-0.2, 0) is 16.6 Å². The van der Waals surface area contributed by atoms with Gasteiger partial charge in [0, 0.05) is 19.4 Å². The van der Waals surface area contributed by atoms with E-state index in [-0.39, 0.29) is 18.5 Å². The van der Waals surface area contributed by atoms with Gasteiger partial charge >= 0.3 is 6.09 Å². The fraction of sp³-hybridized carbons (Fsp3) is 0.312. The van der Waals surface area contributed by atoms with Gasteiger partial charge < -0.3 is 14.6 Å². The van der Waals surface area contributed by atoms with Gasteiger partial charge in [-0.2, -0.15) is 0 Å². The first-order chi connectivity index (χ1) is 11.1. The summed E-state index contributed by atoms with van der Waals surface area (Å²) >= 11 is 0. The van der Waals surface area contributed by atoms with Crippen LogP contribution in [0.2, 0.25) is 0 Å². The molecule has 0 saturated carbocycles. The molecule has 1 fully saturated rings. The molecule has 3 rings (SSSR count). The second kappa shape index (κ2) is 6.51. The number of ether oxygens (including phenoxy) is 1. The number of hydrogen-bond donors (Lipinski definition) is 1. The monoisotopic (exact) mass is 314 g/mol. The van der Waals surface area contributed by atoms with Gasteiger partial charge in [0.1, 0.15) is 25.0 Å². The predicted octanol–water partition coefficient (Wildman–Crippen LogP) is 1.08. The van der Waals surface area contributed by atoms with E-state index in [2.05, 4.69) is 10.3 Å². The van der Waals surface area contributed by atoms with Crippen molar-refractivity contribution in [2.75, 3.05) is 19.7 Å². The van der Waals surface area contributed by atoms with Crippen molar-refractivity contribution in [1.82, 2.24) is 19.8 Å². The van der Waals surface area contributed by atoms with Crippen molar-refractivity contribution in [2.24, 2.45) is 7.05 Å². The molecule has 1 aromatic carbocycles. The molecular formula is C16H18N4O3. The number of benzene rings is 1. The van der Waals surface area contributed by atoms with Crippen LogP contribution in [0.25, 0.3) is 0 Å². The zero-order valence-electron chi connectivity index (χ0n) is 12.8. The molecule has 7 nitrogen and oxygen atoms in total. The maximum atomic E-state index is 12.3. The summed E-state index contributed by atoms with van der Waals surface area (Å²) in [6.07, 6.45) is 3.07. The zero-order chi connectivity index (χ0) is 16.2. The second-order valence-electron chi connectivity index (χ2n) is 5.34. The molecule has 1 N–H and O–H groups in total. The number of amides is 2. The lowest BCUT2D eigenvalue weighted by atomic mass is 10.1. The molecular weight excluding hydrogens is 296 g/mol. The zero-order valence-corrected chi connectivity index (χ0v) is 12.8. The molecule has 1 saturated heterocycles. The van der Waals surface area contributed by atoms with E-state index < -0.39 is 6.09 Å². The lowest BCUT2D eigenvalue weighted by Gasteiger charge is -2.20.